The van der Waals surface area contributed by atoms with Crippen molar-refractivity contribution in [2.75, 3.05) is 6.79 Å². The zero-order valence-electron chi connectivity index (χ0n) is 16.9. The molecule has 3 aromatic carbocycles. The number of nitriles is 1. The predicted molar refractivity (Wildman–Crippen MR) is 121 cm³/mol. The second kappa shape index (κ2) is 9.00. The van der Waals surface area contributed by atoms with Gasteiger partial charge >= 0.3 is 0 Å². The van der Waals surface area contributed by atoms with Gasteiger partial charge in [-0.3, -0.25) is 0 Å². The van der Waals surface area contributed by atoms with Crippen LogP contribution < -0.4 is 14.2 Å². The molecule has 6 nitrogen and oxygen atoms in total. The normalized spacial score (nSPS) is 11.7. The van der Waals surface area contributed by atoms with Gasteiger partial charge in [0.2, 0.25) is 12.7 Å². The van der Waals surface area contributed by atoms with Crippen molar-refractivity contribution in [1.29, 1.82) is 5.26 Å². The summed E-state index contributed by atoms with van der Waals surface area (Å²) in [5, 5.41) is 9.72. The quantitative estimate of drug-likeness (QED) is 0.276. The zero-order valence-corrected chi connectivity index (χ0v) is 17.7. The Bertz CT molecular complexity index is 1310. The van der Waals surface area contributed by atoms with Crippen molar-refractivity contribution >= 4 is 11.8 Å². The standard InChI is InChI=1S/C25H17N3O3S/c26-14-17-5-4-6-18(11-17)15-32-25-27-21(19-7-2-1-3-8-19)13-24(28-25)31-20-9-10-22-23(12-20)30-16-29-22/h1-13H,15-16H2. The van der Waals surface area contributed by atoms with Gasteiger partial charge in [-0.2, -0.15) is 10.2 Å². The van der Waals surface area contributed by atoms with Crippen LogP contribution in [0.25, 0.3) is 11.3 Å². The van der Waals surface area contributed by atoms with Crippen molar-refractivity contribution < 1.29 is 14.2 Å². The topological polar surface area (TPSA) is 77.3 Å². The molecular weight excluding hydrogens is 422 g/mol. The van der Waals surface area contributed by atoms with Gasteiger partial charge in [-0.05, 0) is 29.8 Å². The Kier molecular flexibility index (Phi) is 5.60. The lowest BCUT2D eigenvalue weighted by Gasteiger charge is -2.10. The van der Waals surface area contributed by atoms with Crippen LogP contribution in [0, 0.1) is 11.3 Å². The Morgan fingerprint density at radius 3 is 2.66 bits per heavy atom. The molecule has 0 spiro atoms. The summed E-state index contributed by atoms with van der Waals surface area (Å²) in [4.78, 5) is 9.32. The van der Waals surface area contributed by atoms with E-state index in [4.69, 9.17) is 24.5 Å². The van der Waals surface area contributed by atoms with E-state index in [1.54, 1.807) is 12.1 Å². The van der Waals surface area contributed by atoms with Crippen LogP contribution in [-0.2, 0) is 5.75 Å². The summed E-state index contributed by atoms with van der Waals surface area (Å²) < 4.78 is 16.9. The Hall–Kier alpha value is -4.02. The van der Waals surface area contributed by atoms with Gasteiger partial charge in [0, 0.05) is 23.4 Å². The van der Waals surface area contributed by atoms with Crippen molar-refractivity contribution in [3.05, 3.63) is 90.0 Å². The fourth-order valence-electron chi connectivity index (χ4n) is 3.22. The second-order valence-corrected chi connectivity index (χ2v) is 7.90. The molecule has 1 aliphatic heterocycles. The van der Waals surface area contributed by atoms with Crippen molar-refractivity contribution in [1.82, 2.24) is 9.97 Å². The molecule has 32 heavy (non-hydrogen) atoms. The monoisotopic (exact) mass is 439 g/mol. The van der Waals surface area contributed by atoms with Gasteiger partial charge in [0.25, 0.3) is 0 Å². The number of fused-ring (bicyclic) bond motifs is 1. The molecule has 5 rings (SSSR count). The summed E-state index contributed by atoms with van der Waals surface area (Å²) >= 11 is 1.49. The Morgan fingerprint density at radius 2 is 1.78 bits per heavy atom. The van der Waals surface area contributed by atoms with E-state index >= 15 is 0 Å². The molecule has 156 valence electrons. The highest BCUT2D eigenvalue weighted by Gasteiger charge is 2.15. The van der Waals surface area contributed by atoms with E-state index in [-0.39, 0.29) is 6.79 Å². The van der Waals surface area contributed by atoms with Crippen molar-refractivity contribution in [2.24, 2.45) is 0 Å². The minimum atomic E-state index is 0.207. The molecule has 4 aromatic rings. The zero-order chi connectivity index (χ0) is 21.8. The lowest BCUT2D eigenvalue weighted by molar-refractivity contribution is 0.174. The highest BCUT2D eigenvalue weighted by molar-refractivity contribution is 7.98. The molecule has 1 aliphatic rings. The van der Waals surface area contributed by atoms with E-state index in [0.717, 1.165) is 16.8 Å². The third-order valence-electron chi connectivity index (χ3n) is 4.74. The van der Waals surface area contributed by atoms with Crippen LogP contribution in [0.3, 0.4) is 0 Å². The molecule has 0 unspecified atom stereocenters. The number of ether oxygens (including phenoxy) is 3. The molecule has 0 amide bonds. The first-order valence-corrected chi connectivity index (χ1v) is 10.9. The van der Waals surface area contributed by atoms with Gasteiger partial charge in [-0.15, -0.1) is 0 Å². The van der Waals surface area contributed by atoms with Crippen LogP contribution in [0.4, 0.5) is 0 Å². The molecule has 0 aliphatic carbocycles. The third kappa shape index (κ3) is 4.51. The molecule has 0 radical (unpaired) electrons. The van der Waals surface area contributed by atoms with Crippen LogP contribution in [0.5, 0.6) is 23.1 Å². The van der Waals surface area contributed by atoms with Gasteiger partial charge in [0.1, 0.15) is 5.75 Å². The van der Waals surface area contributed by atoms with E-state index in [1.165, 1.54) is 11.8 Å². The molecule has 0 atom stereocenters. The van der Waals surface area contributed by atoms with Crippen molar-refractivity contribution in [3.63, 3.8) is 0 Å². The SMILES string of the molecule is N#Cc1cccc(CSc2nc(Oc3ccc4c(c3)OCO4)cc(-c3ccccc3)n2)c1. The third-order valence-corrected chi connectivity index (χ3v) is 5.66. The Morgan fingerprint density at radius 1 is 0.906 bits per heavy atom. The van der Waals surface area contributed by atoms with Gasteiger partial charge in [0.15, 0.2) is 16.7 Å². The second-order valence-electron chi connectivity index (χ2n) is 6.96. The summed E-state index contributed by atoms with van der Waals surface area (Å²) in [5.41, 5.74) is 3.40. The summed E-state index contributed by atoms with van der Waals surface area (Å²) in [5.74, 6) is 3.01. The number of hydrogen-bond donors (Lipinski definition) is 0. The van der Waals surface area contributed by atoms with Crippen molar-refractivity contribution in [2.45, 2.75) is 10.9 Å². The molecule has 0 N–H and O–H groups in total. The van der Waals surface area contributed by atoms with Gasteiger partial charge in [0.05, 0.1) is 17.3 Å². The summed E-state index contributed by atoms with van der Waals surface area (Å²) in [6.45, 7) is 0.207. The van der Waals surface area contributed by atoms with E-state index < -0.39 is 0 Å². The number of benzene rings is 3. The van der Waals surface area contributed by atoms with Crippen LogP contribution in [0.15, 0.2) is 84.0 Å². The van der Waals surface area contributed by atoms with Crippen molar-refractivity contribution in [3.8, 4) is 40.5 Å². The molecule has 0 fully saturated rings. The van der Waals surface area contributed by atoms with E-state index in [1.807, 2.05) is 66.7 Å². The number of thioether (sulfide) groups is 1. The molecule has 0 bridgehead atoms. The maximum atomic E-state index is 9.13. The first-order valence-electron chi connectivity index (χ1n) is 9.91. The molecule has 0 saturated heterocycles. The summed E-state index contributed by atoms with van der Waals surface area (Å²) in [7, 11) is 0. The fraction of sp³-hybridized carbons (Fsp3) is 0.0800. The first-order chi connectivity index (χ1) is 15.8. The van der Waals surface area contributed by atoms with Gasteiger partial charge in [-0.25, -0.2) is 4.98 Å². The highest BCUT2D eigenvalue weighted by atomic mass is 32.2. The molecule has 1 aromatic heterocycles. The van der Waals surface area contributed by atoms with E-state index in [0.29, 0.717) is 39.6 Å². The Labute approximate surface area is 189 Å². The highest BCUT2D eigenvalue weighted by Crippen LogP contribution is 2.37. The van der Waals surface area contributed by atoms with Gasteiger partial charge < -0.3 is 14.2 Å². The summed E-state index contributed by atoms with van der Waals surface area (Å²) in [6, 6.07) is 26.8. The number of nitrogens with zero attached hydrogens (tertiary/aromatic N) is 3. The average Bonchev–Trinajstić information content (AvgIpc) is 3.31. The predicted octanol–water partition coefficient (Wildman–Crippen LogP) is 5.83. The van der Waals surface area contributed by atoms with Crippen LogP contribution in [0.1, 0.15) is 11.1 Å². The smallest absolute Gasteiger partial charge is 0.231 e. The summed E-state index contributed by atoms with van der Waals surface area (Å²) in [6.07, 6.45) is 0. The average molecular weight is 439 g/mol. The van der Waals surface area contributed by atoms with Crippen LogP contribution in [0.2, 0.25) is 0 Å². The fourth-order valence-corrected chi connectivity index (χ4v) is 4.01. The van der Waals surface area contributed by atoms with Crippen LogP contribution >= 0.6 is 11.8 Å². The van der Waals surface area contributed by atoms with Crippen LogP contribution in [-0.4, -0.2) is 16.8 Å². The molecule has 2 heterocycles. The lowest BCUT2D eigenvalue weighted by Crippen LogP contribution is -1.96. The maximum Gasteiger partial charge on any atom is 0.231 e. The van der Waals surface area contributed by atoms with E-state index in [9.17, 15) is 0 Å². The Balaban J connectivity index is 1.44. The number of aromatic nitrogens is 2. The molecule has 0 saturated carbocycles. The van der Waals surface area contributed by atoms with Gasteiger partial charge in [-0.1, -0.05) is 54.2 Å². The first kappa shape index (κ1) is 19.9. The largest absolute Gasteiger partial charge is 0.454 e. The molecular formula is C25H17N3O3S. The minimum absolute atomic E-state index is 0.207. The maximum absolute atomic E-state index is 9.13. The van der Waals surface area contributed by atoms with E-state index in [2.05, 4.69) is 11.1 Å². The lowest BCUT2D eigenvalue weighted by atomic mass is 10.1. The number of hydrogen-bond acceptors (Lipinski definition) is 7. The minimum Gasteiger partial charge on any atom is -0.454 e. The molecule has 7 heteroatoms. The number of rotatable bonds is 6.